The summed E-state index contributed by atoms with van der Waals surface area (Å²) in [6.45, 7) is 4.26. The maximum Gasteiger partial charge on any atom is 0.131 e. The molecule has 108 valence electrons. The number of hydrogen-bond acceptors (Lipinski definition) is 2. The molecular weight excluding hydrogens is 281 g/mol. The Morgan fingerprint density at radius 2 is 1.71 bits per heavy atom. The van der Waals surface area contributed by atoms with Crippen LogP contribution in [0.2, 0.25) is 0 Å². The van der Waals surface area contributed by atoms with Gasteiger partial charge in [-0.05, 0) is 49.5 Å². The van der Waals surface area contributed by atoms with Gasteiger partial charge in [0, 0.05) is 15.1 Å². The summed E-state index contributed by atoms with van der Waals surface area (Å²) in [4.78, 5) is 2.61. The van der Waals surface area contributed by atoms with Crippen LogP contribution in [0.25, 0.3) is 10.8 Å². The van der Waals surface area contributed by atoms with Gasteiger partial charge in [-0.25, -0.2) is 4.39 Å². The van der Waals surface area contributed by atoms with Crippen LogP contribution in [-0.2, 0) is 0 Å². The van der Waals surface area contributed by atoms with Crippen molar-refractivity contribution in [1.29, 1.82) is 0 Å². The Morgan fingerprint density at radius 1 is 1.00 bits per heavy atom. The fraction of sp³-hybridized carbons (Fsp3) is 0.222. The fourth-order valence-corrected chi connectivity index (χ4v) is 3.92. The van der Waals surface area contributed by atoms with Gasteiger partial charge < -0.3 is 5.32 Å². The highest BCUT2D eigenvalue weighted by Gasteiger charge is 2.19. The summed E-state index contributed by atoms with van der Waals surface area (Å²) in [5.41, 5.74) is 2.40. The van der Waals surface area contributed by atoms with E-state index in [1.165, 1.54) is 15.3 Å². The average Bonchev–Trinajstić information content (AvgIpc) is 2.81. The number of thiophene rings is 1. The van der Waals surface area contributed by atoms with Crippen molar-refractivity contribution >= 4 is 22.1 Å². The molecule has 3 heteroatoms. The van der Waals surface area contributed by atoms with Gasteiger partial charge in [0.25, 0.3) is 0 Å². The van der Waals surface area contributed by atoms with Gasteiger partial charge in [-0.3, -0.25) is 0 Å². The summed E-state index contributed by atoms with van der Waals surface area (Å²) in [6.07, 6.45) is 0. The molecule has 3 rings (SSSR count). The van der Waals surface area contributed by atoms with E-state index < -0.39 is 0 Å². The quantitative estimate of drug-likeness (QED) is 0.720. The second kappa shape index (κ2) is 5.58. The van der Waals surface area contributed by atoms with E-state index in [1.54, 1.807) is 17.4 Å². The molecular formula is C18H18FNS. The van der Waals surface area contributed by atoms with Crippen molar-refractivity contribution in [2.75, 3.05) is 7.05 Å². The summed E-state index contributed by atoms with van der Waals surface area (Å²) in [5.74, 6) is -0.164. The molecule has 0 amide bonds. The molecule has 0 aliphatic heterocycles. The number of hydrogen-bond donors (Lipinski definition) is 1. The second-order valence-electron chi connectivity index (χ2n) is 5.27. The summed E-state index contributed by atoms with van der Waals surface area (Å²) in [5, 5.41) is 5.04. The van der Waals surface area contributed by atoms with Crippen molar-refractivity contribution in [1.82, 2.24) is 5.32 Å². The molecule has 1 heterocycles. The smallest absolute Gasteiger partial charge is 0.131 e. The number of halogens is 1. The third kappa shape index (κ3) is 2.47. The molecule has 0 radical (unpaired) electrons. The van der Waals surface area contributed by atoms with Crippen molar-refractivity contribution in [2.24, 2.45) is 0 Å². The van der Waals surface area contributed by atoms with Gasteiger partial charge in [0.1, 0.15) is 5.82 Å². The molecule has 0 aliphatic rings. The average molecular weight is 299 g/mol. The third-order valence-electron chi connectivity index (χ3n) is 3.89. The minimum Gasteiger partial charge on any atom is -0.309 e. The van der Waals surface area contributed by atoms with E-state index in [0.29, 0.717) is 5.39 Å². The first-order valence-electron chi connectivity index (χ1n) is 7.03. The number of nitrogens with one attached hydrogen (secondary N) is 1. The molecule has 0 spiro atoms. The number of rotatable bonds is 3. The molecule has 0 fully saturated rings. The molecule has 0 saturated carbocycles. The highest BCUT2D eigenvalue weighted by atomic mass is 32.1. The Bertz CT molecular complexity index is 791. The van der Waals surface area contributed by atoms with Crippen LogP contribution in [0.1, 0.15) is 26.9 Å². The highest BCUT2D eigenvalue weighted by molar-refractivity contribution is 7.12. The molecule has 21 heavy (non-hydrogen) atoms. The van der Waals surface area contributed by atoms with Crippen molar-refractivity contribution in [2.45, 2.75) is 19.9 Å². The summed E-state index contributed by atoms with van der Waals surface area (Å²) in [6, 6.07) is 13.4. The van der Waals surface area contributed by atoms with Crippen LogP contribution in [0.15, 0.2) is 42.5 Å². The standard InChI is InChI=1S/C18H18FNS/c1-11-10-16(12(2)21-11)18(20-3)15-8-9-17(19)14-7-5-4-6-13(14)15/h4-10,18,20H,1-3H3. The van der Waals surface area contributed by atoms with Crippen LogP contribution >= 0.6 is 11.3 Å². The minimum absolute atomic E-state index is 0.0837. The zero-order valence-corrected chi connectivity index (χ0v) is 13.2. The van der Waals surface area contributed by atoms with Crippen LogP contribution in [0.3, 0.4) is 0 Å². The molecule has 1 atom stereocenters. The minimum atomic E-state index is -0.164. The SMILES string of the molecule is CNC(c1cc(C)sc1C)c1ccc(F)c2ccccc12. The zero-order valence-electron chi connectivity index (χ0n) is 12.4. The van der Waals surface area contributed by atoms with E-state index in [2.05, 4.69) is 25.2 Å². The topological polar surface area (TPSA) is 12.0 Å². The van der Waals surface area contributed by atoms with E-state index in [4.69, 9.17) is 0 Å². The van der Waals surface area contributed by atoms with E-state index in [0.717, 1.165) is 10.9 Å². The van der Waals surface area contributed by atoms with Gasteiger partial charge in [-0.1, -0.05) is 30.3 Å². The Balaban J connectivity index is 2.22. The van der Waals surface area contributed by atoms with Gasteiger partial charge >= 0.3 is 0 Å². The van der Waals surface area contributed by atoms with Crippen LogP contribution in [0.5, 0.6) is 0 Å². The summed E-state index contributed by atoms with van der Waals surface area (Å²) >= 11 is 1.80. The summed E-state index contributed by atoms with van der Waals surface area (Å²) < 4.78 is 14.0. The number of aryl methyl sites for hydroxylation is 2. The molecule has 0 saturated heterocycles. The predicted molar refractivity (Wildman–Crippen MR) is 88.6 cm³/mol. The van der Waals surface area contributed by atoms with Crippen LogP contribution < -0.4 is 5.32 Å². The Labute approximate surface area is 128 Å². The third-order valence-corrected chi connectivity index (χ3v) is 4.88. The molecule has 0 aliphatic carbocycles. The van der Waals surface area contributed by atoms with Crippen LogP contribution in [0.4, 0.5) is 4.39 Å². The molecule has 1 aromatic heterocycles. The summed E-state index contributed by atoms with van der Waals surface area (Å²) in [7, 11) is 1.95. The maximum atomic E-state index is 14.0. The highest BCUT2D eigenvalue weighted by Crippen LogP contribution is 2.34. The molecule has 1 N–H and O–H groups in total. The Kier molecular flexibility index (Phi) is 3.79. The molecule has 1 nitrogen and oxygen atoms in total. The Morgan fingerprint density at radius 3 is 2.33 bits per heavy atom. The van der Waals surface area contributed by atoms with Gasteiger partial charge in [-0.2, -0.15) is 0 Å². The first kappa shape index (κ1) is 14.2. The number of fused-ring (bicyclic) bond motifs is 1. The van der Waals surface area contributed by atoms with E-state index >= 15 is 0 Å². The van der Waals surface area contributed by atoms with E-state index in [-0.39, 0.29) is 11.9 Å². The molecule has 2 aromatic carbocycles. The monoisotopic (exact) mass is 299 g/mol. The first-order valence-corrected chi connectivity index (χ1v) is 7.85. The van der Waals surface area contributed by atoms with Crippen molar-refractivity contribution < 1.29 is 4.39 Å². The van der Waals surface area contributed by atoms with Crippen molar-refractivity contribution in [3.63, 3.8) is 0 Å². The van der Waals surface area contributed by atoms with Crippen molar-refractivity contribution in [3.05, 3.63) is 69.2 Å². The van der Waals surface area contributed by atoms with E-state index in [1.807, 2.05) is 37.4 Å². The van der Waals surface area contributed by atoms with Gasteiger partial charge in [0.2, 0.25) is 0 Å². The normalized spacial score (nSPS) is 12.8. The maximum absolute atomic E-state index is 14.0. The molecule has 1 unspecified atom stereocenters. The van der Waals surface area contributed by atoms with Crippen LogP contribution in [0, 0.1) is 19.7 Å². The number of benzene rings is 2. The van der Waals surface area contributed by atoms with E-state index in [9.17, 15) is 4.39 Å². The molecule has 3 aromatic rings. The van der Waals surface area contributed by atoms with Crippen LogP contribution in [-0.4, -0.2) is 7.05 Å². The van der Waals surface area contributed by atoms with Gasteiger partial charge in [-0.15, -0.1) is 11.3 Å². The largest absolute Gasteiger partial charge is 0.309 e. The van der Waals surface area contributed by atoms with Gasteiger partial charge in [0.05, 0.1) is 6.04 Å². The van der Waals surface area contributed by atoms with Crippen molar-refractivity contribution in [3.8, 4) is 0 Å². The molecule has 0 bridgehead atoms. The lowest BCUT2D eigenvalue weighted by atomic mass is 9.94. The second-order valence-corrected chi connectivity index (χ2v) is 6.73. The van der Waals surface area contributed by atoms with Gasteiger partial charge in [0.15, 0.2) is 0 Å². The lowest BCUT2D eigenvalue weighted by Gasteiger charge is -2.19. The first-order chi connectivity index (χ1) is 10.1. The Hall–Kier alpha value is -1.71. The lowest BCUT2D eigenvalue weighted by Crippen LogP contribution is -2.18. The zero-order chi connectivity index (χ0) is 15.0. The predicted octanol–water partition coefficient (Wildman–Crippen LogP) is 4.97. The lowest BCUT2D eigenvalue weighted by molar-refractivity contribution is 0.636. The fourth-order valence-electron chi connectivity index (χ4n) is 2.95.